The van der Waals surface area contributed by atoms with Gasteiger partial charge in [-0.15, -0.1) is 0 Å². The number of aliphatic carboxylic acids is 1. The largest absolute Gasteiger partial charge is 0.481 e. The number of carboxylic acids is 1. The summed E-state index contributed by atoms with van der Waals surface area (Å²) in [5.41, 5.74) is 6.02. The van der Waals surface area contributed by atoms with Gasteiger partial charge in [0.25, 0.3) is 0 Å². The minimum atomic E-state index is -0.874. The fourth-order valence-corrected chi connectivity index (χ4v) is 1.77. The van der Waals surface area contributed by atoms with E-state index in [1.54, 1.807) is 0 Å². The van der Waals surface area contributed by atoms with Crippen molar-refractivity contribution in [1.29, 1.82) is 0 Å². The van der Waals surface area contributed by atoms with E-state index in [-0.39, 0.29) is 11.8 Å². The maximum Gasteiger partial charge on any atom is 0.305 e. The molecule has 0 bridgehead atoms. The first-order valence-corrected chi connectivity index (χ1v) is 5.33. The Kier molecular flexibility index (Phi) is 3.38. The summed E-state index contributed by atoms with van der Waals surface area (Å²) >= 11 is 0. The number of hydrogen-bond acceptors (Lipinski definition) is 2. The van der Waals surface area contributed by atoms with Gasteiger partial charge in [0.15, 0.2) is 0 Å². The molecule has 0 aliphatic carbocycles. The minimum absolute atomic E-state index is 0.0689. The molecule has 16 heavy (non-hydrogen) atoms. The first kappa shape index (κ1) is 12.7. The Hall–Kier alpha value is -1.35. The maximum absolute atomic E-state index is 11.0. The van der Waals surface area contributed by atoms with Crippen LogP contribution < -0.4 is 5.73 Å². The third-order valence-electron chi connectivity index (χ3n) is 3.06. The summed E-state index contributed by atoms with van der Waals surface area (Å²) in [5.74, 6) is -0.874. The van der Waals surface area contributed by atoms with E-state index in [1.807, 2.05) is 51.1 Å². The topological polar surface area (TPSA) is 63.3 Å². The van der Waals surface area contributed by atoms with E-state index in [0.29, 0.717) is 0 Å². The van der Waals surface area contributed by atoms with Crippen LogP contribution in [0.1, 0.15) is 32.8 Å². The molecule has 0 aliphatic rings. The Morgan fingerprint density at radius 1 is 1.25 bits per heavy atom. The second kappa shape index (κ2) is 4.26. The van der Waals surface area contributed by atoms with Crippen molar-refractivity contribution in [3.63, 3.8) is 0 Å². The number of carboxylic acid groups (broad SMARTS) is 1. The monoisotopic (exact) mass is 221 g/mol. The predicted molar refractivity (Wildman–Crippen MR) is 64.0 cm³/mol. The quantitative estimate of drug-likeness (QED) is 0.823. The van der Waals surface area contributed by atoms with Crippen LogP contribution in [0.3, 0.4) is 0 Å². The second-order valence-electron chi connectivity index (χ2n) is 5.16. The number of hydrogen-bond donors (Lipinski definition) is 2. The molecule has 3 nitrogen and oxygen atoms in total. The average molecular weight is 221 g/mol. The van der Waals surface area contributed by atoms with Crippen LogP contribution in [0.5, 0.6) is 0 Å². The zero-order valence-electron chi connectivity index (χ0n) is 10.0. The van der Waals surface area contributed by atoms with Gasteiger partial charge < -0.3 is 10.8 Å². The van der Waals surface area contributed by atoms with Crippen LogP contribution in [-0.4, -0.2) is 11.1 Å². The van der Waals surface area contributed by atoms with E-state index in [1.165, 1.54) is 0 Å². The van der Waals surface area contributed by atoms with Crippen LogP contribution in [-0.2, 0) is 10.3 Å². The fourth-order valence-electron chi connectivity index (χ4n) is 1.77. The lowest BCUT2D eigenvalue weighted by Gasteiger charge is -2.41. The van der Waals surface area contributed by atoms with E-state index >= 15 is 0 Å². The van der Waals surface area contributed by atoms with Crippen molar-refractivity contribution in [2.75, 3.05) is 0 Å². The molecule has 3 heteroatoms. The molecule has 0 amide bonds. The number of nitrogens with two attached hydrogens (primary N) is 1. The first-order chi connectivity index (χ1) is 7.27. The van der Waals surface area contributed by atoms with Crippen LogP contribution in [0.25, 0.3) is 0 Å². The van der Waals surface area contributed by atoms with E-state index in [4.69, 9.17) is 10.8 Å². The summed E-state index contributed by atoms with van der Waals surface area (Å²) in [6, 6.07) is 9.42. The van der Waals surface area contributed by atoms with Crippen LogP contribution in [0, 0.1) is 5.41 Å². The molecule has 0 unspecified atom stereocenters. The first-order valence-electron chi connectivity index (χ1n) is 5.33. The number of rotatable bonds is 3. The maximum atomic E-state index is 11.0. The van der Waals surface area contributed by atoms with Gasteiger partial charge in [0, 0.05) is 0 Å². The summed E-state index contributed by atoms with van der Waals surface area (Å²) in [4.78, 5) is 11.0. The Bertz CT molecular complexity index is 367. The predicted octanol–water partition coefficient (Wildman–Crippen LogP) is 2.36. The smallest absolute Gasteiger partial charge is 0.305 e. The molecule has 1 rings (SSSR count). The van der Waals surface area contributed by atoms with Gasteiger partial charge in [-0.3, -0.25) is 4.79 Å². The van der Waals surface area contributed by atoms with Crippen molar-refractivity contribution in [3.8, 4) is 0 Å². The standard InChI is InChI=1S/C13H19NO2/c1-12(2,3)13(14,9-11(15)16)10-7-5-4-6-8-10/h4-8H,9,14H2,1-3H3,(H,15,16)/t13-/m0/s1. The van der Waals surface area contributed by atoms with Gasteiger partial charge in [0.05, 0.1) is 12.0 Å². The van der Waals surface area contributed by atoms with E-state index < -0.39 is 11.5 Å². The van der Waals surface area contributed by atoms with Gasteiger partial charge in [0.2, 0.25) is 0 Å². The molecule has 0 heterocycles. The highest BCUT2D eigenvalue weighted by molar-refractivity contribution is 5.69. The molecule has 0 saturated heterocycles. The number of carbonyl (C=O) groups is 1. The van der Waals surface area contributed by atoms with E-state index in [9.17, 15) is 4.79 Å². The van der Waals surface area contributed by atoms with Crippen molar-refractivity contribution in [2.45, 2.75) is 32.7 Å². The molecule has 1 aromatic carbocycles. The molecule has 88 valence electrons. The lowest BCUT2D eigenvalue weighted by Crippen LogP contribution is -2.49. The summed E-state index contributed by atoms with van der Waals surface area (Å²) in [5, 5.41) is 8.99. The zero-order chi connectivity index (χ0) is 12.4. The van der Waals surface area contributed by atoms with Crippen molar-refractivity contribution < 1.29 is 9.90 Å². The minimum Gasteiger partial charge on any atom is -0.481 e. The van der Waals surface area contributed by atoms with Crippen molar-refractivity contribution in [1.82, 2.24) is 0 Å². The normalized spacial score (nSPS) is 15.5. The second-order valence-corrected chi connectivity index (χ2v) is 5.16. The molecule has 3 N–H and O–H groups in total. The van der Waals surface area contributed by atoms with Gasteiger partial charge >= 0.3 is 5.97 Å². The van der Waals surface area contributed by atoms with Gasteiger partial charge in [-0.2, -0.15) is 0 Å². The van der Waals surface area contributed by atoms with Gasteiger partial charge in [-0.25, -0.2) is 0 Å². The SMILES string of the molecule is CC(C)(C)[C@](N)(CC(=O)O)c1ccccc1. The highest BCUT2D eigenvalue weighted by Crippen LogP contribution is 2.39. The average Bonchev–Trinajstić information content (AvgIpc) is 2.16. The van der Waals surface area contributed by atoms with Crippen LogP contribution >= 0.6 is 0 Å². The molecular weight excluding hydrogens is 202 g/mol. The lowest BCUT2D eigenvalue weighted by molar-refractivity contribution is -0.139. The molecule has 0 radical (unpaired) electrons. The highest BCUT2D eigenvalue weighted by Gasteiger charge is 2.41. The highest BCUT2D eigenvalue weighted by atomic mass is 16.4. The molecule has 0 aliphatic heterocycles. The summed E-state index contributed by atoms with van der Waals surface area (Å²) in [6.45, 7) is 5.88. The summed E-state index contributed by atoms with van der Waals surface area (Å²) < 4.78 is 0. The third-order valence-corrected chi connectivity index (χ3v) is 3.06. The molecule has 0 aromatic heterocycles. The Balaban J connectivity index is 3.21. The Morgan fingerprint density at radius 2 is 1.75 bits per heavy atom. The Labute approximate surface area is 96.3 Å². The molecule has 1 aromatic rings. The zero-order valence-corrected chi connectivity index (χ0v) is 10.0. The summed E-state index contributed by atoms with van der Waals surface area (Å²) in [6.07, 6.45) is -0.0689. The van der Waals surface area contributed by atoms with E-state index in [0.717, 1.165) is 5.56 Å². The fraction of sp³-hybridized carbons (Fsp3) is 0.462. The van der Waals surface area contributed by atoms with Crippen molar-refractivity contribution in [3.05, 3.63) is 35.9 Å². The molecule has 0 fully saturated rings. The lowest BCUT2D eigenvalue weighted by atomic mass is 9.68. The third kappa shape index (κ3) is 2.42. The molecule has 0 spiro atoms. The molecule has 1 atom stereocenters. The molecule has 0 saturated carbocycles. The van der Waals surface area contributed by atoms with Crippen LogP contribution in [0.2, 0.25) is 0 Å². The van der Waals surface area contributed by atoms with Crippen molar-refractivity contribution >= 4 is 5.97 Å². The van der Waals surface area contributed by atoms with Gasteiger partial charge in [-0.1, -0.05) is 51.1 Å². The van der Waals surface area contributed by atoms with Crippen LogP contribution in [0.15, 0.2) is 30.3 Å². The van der Waals surface area contributed by atoms with E-state index in [2.05, 4.69) is 0 Å². The van der Waals surface area contributed by atoms with Crippen molar-refractivity contribution in [2.24, 2.45) is 11.1 Å². The Morgan fingerprint density at radius 3 is 2.12 bits per heavy atom. The summed E-state index contributed by atoms with van der Waals surface area (Å²) in [7, 11) is 0. The van der Waals surface area contributed by atoms with Gasteiger partial charge in [0.1, 0.15) is 0 Å². The van der Waals surface area contributed by atoms with Crippen LogP contribution in [0.4, 0.5) is 0 Å². The molecular formula is C13H19NO2. The van der Waals surface area contributed by atoms with Gasteiger partial charge in [-0.05, 0) is 11.0 Å². The number of benzene rings is 1.